The van der Waals surface area contributed by atoms with Crippen LogP contribution in [0.4, 0.5) is 5.69 Å². The van der Waals surface area contributed by atoms with Crippen LogP contribution in [0.15, 0.2) is 54.1 Å². The fourth-order valence-electron chi connectivity index (χ4n) is 5.20. The number of carboxylic acid groups (broad SMARTS) is 1. The molecule has 1 aliphatic heterocycles. The van der Waals surface area contributed by atoms with Crippen LogP contribution in [0.1, 0.15) is 78.8 Å². The summed E-state index contributed by atoms with van der Waals surface area (Å²) in [5.41, 5.74) is 11.6. The first-order valence-electron chi connectivity index (χ1n) is 11.7. The average Bonchev–Trinajstić information content (AvgIpc) is 2.83. The van der Waals surface area contributed by atoms with Crippen molar-refractivity contribution in [3.63, 3.8) is 0 Å². The van der Waals surface area contributed by atoms with Gasteiger partial charge in [0, 0.05) is 24.3 Å². The number of nitrogens with two attached hydrogens (primary N) is 1. The molecule has 2 aromatic rings. The average molecular weight is 433 g/mol. The zero-order valence-electron chi connectivity index (χ0n) is 18.6. The number of carbonyl (C=O) groups excluding carboxylic acids is 1. The molecule has 1 amide bonds. The Morgan fingerprint density at radius 2 is 1.47 bits per heavy atom. The summed E-state index contributed by atoms with van der Waals surface area (Å²) in [7, 11) is 0. The molecule has 1 aliphatic carbocycles. The second kappa shape index (κ2) is 10.0. The third kappa shape index (κ3) is 4.72. The number of allylic oxidation sites excluding steroid dienone is 1. The monoisotopic (exact) mass is 432 g/mol. The molecule has 3 N–H and O–H groups in total. The Morgan fingerprint density at radius 3 is 2.09 bits per heavy atom. The number of primary amides is 1. The van der Waals surface area contributed by atoms with Gasteiger partial charge in [0.15, 0.2) is 0 Å². The molecule has 1 atom stereocenters. The predicted octanol–water partition coefficient (Wildman–Crippen LogP) is 5.36. The number of piperidine rings is 1. The predicted molar refractivity (Wildman–Crippen MR) is 128 cm³/mol. The van der Waals surface area contributed by atoms with Gasteiger partial charge in [-0.1, -0.05) is 42.3 Å². The van der Waals surface area contributed by atoms with Crippen LogP contribution in [-0.2, 0) is 4.79 Å². The van der Waals surface area contributed by atoms with Crippen LogP contribution in [0.2, 0.25) is 0 Å². The highest BCUT2D eigenvalue weighted by atomic mass is 16.4. The number of benzene rings is 2. The molecule has 2 fully saturated rings. The van der Waals surface area contributed by atoms with Crippen molar-refractivity contribution in [1.29, 1.82) is 0 Å². The van der Waals surface area contributed by atoms with E-state index in [0.717, 1.165) is 55.5 Å². The molecule has 0 spiro atoms. The number of para-hydroxylation sites is 1. The summed E-state index contributed by atoms with van der Waals surface area (Å²) in [6.45, 7) is 2.04. The summed E-state index contributed by atoms with van der Waals surface area (Å²) >= 11 is 0. The van der Waals surface area contributed by atoms with Gasteiger partial charge >= 0.3 is 5.97 Å². The van der Waals surface area contributed by atoms with Crippen LogP contribution in [0, 0.1) is 0 Å². The molecular formula is C27H32N2O3. The Kier molecular flexibility index (Phi) is 6.93. The molecule has 0 radical (unpaired) electrons. The number of amides is 1. The molecule has 2 aliphatic rings. The molecule has 0 bridgehead atoms. The van der Waals surface area contributed by atoms with Crippen LogP contribution in [0.5, 0.6) is 0 Å². The Labute approximate surface area is 189 Å². The molecule has 168 valence electrons. The van der Waals surface area contributed by atoms with Crippen LogP contribution in [0.3, 0.4) is 0 Å². The number of hydrogen-bond acceptors (Lipinski definition) is 3. The van der Waals surface area contributed by atoms with Crippen LogP contribution in [0.25, 0.3) is 5.57 Å². The normalized spacial score (nSPS) is 17.6. The highest BCUT2D eigenvalue weighted by Gasteiger charge is 2.30. The maximum atomic E-state index is 12.9. The summed E-state index contributed by atoms with van der Waals surface area (Å²) < 4.78 is 0. The fraction of sp³-hybridized carbons (Fsp3) is 0.407. The second-order valence-corrected chi connectivity index (χ2v) is 8.91. The van der Waals surface area contributed by atoms with E-state index in [1.165, 1.54) is 36.9 Å². The number of anilines is 1. The Morgan fingerprint density at radius 1 is 0.844 bits per heavy atom. The van der Waals surface area contributed by atoms with Gasteiger partial charge in [-0.15, -0.1) is 0 Å². The van der Waals surface area contributed by atoms with E-state index in [1.807, 2.05) is 6.07 Å². The number of hydrogen-bond donors (Lipinski definition) is 2. The van der Waals surface area contributed by atoms with Gasteiger partial charge in [0.05, 0.1) is 11.5 Å². The van der Waals surface area contributed by atoms with E-state index in [0.29, 0.717) is 0 Å². The van der Waals surface area contributed by atoms with Gasteiger partial charge < -0.3 is 15.7 Å². The largest absolute Gasteiger partial charge is 0.478 e. The van der Waals surface area contributed by atoms with Crippen LogP contribution < -0.4 is 10.6 Å². The Balaban J connectivity index is 1.86. The van der Waals surface area contributed by atoms with Gasteiger partial charge in [-0.05, 0) is 74.3 Å². The lowest BCUT2D eigenvalue weighted by atomic mass is 9.78. The van der Waals surface area contributed by atoms with Crippen LogP contribution >= 0.6 is 0 Å². The lowest BCUT2D eigenvalue weighted by molar-refractivity contribution is -0.118. The molecule has 1 saturated heterocycles. The molecular weight excluding hydrogens is 400 g/mol. The third-order valence-electron chi connectivity index (χ3n) is 6.79. The smallest absolute Gasteiger partial charge is 0.335 e. The minimum Gasteiger partial charge on any atom is -0.478 e. The number of carboxylic acids is 1. The molecule has 2 aromatic carbocycles. The highest BCUT2D eigenvalue weighted by molar-refractivity contribution is 5.99. The molecule has 0 aromatic heterocycles. The van der Waals surface area contributed by atoms with Gasteiger partial charge in [-0.25, -0.2) is 4.79 Å². The lowest BCUT2D eigenvalue weighted by Crippen LogP contribution is -2.31. The van der Waals surface area contributed by atoms with Crippen molar-refractivity contribution in [2.75, 3.05) is 18.0 Å². The molecule has 32 heavy (non-hydrogen) atoms. The number of rotatable bonds is 6. The second-order valence-electron chi connectivity index (χ2n) is 8.91. The van der Waals surface area contributed by atoms with Gasteiger partial charge in [-0.3, -0.25) is 4.79 Å². The summed E-state index contributed by atoms with van der Waals surface area (Å²) in [4.78, 5) is 26.7. The third-order valence-corrected chi connectivity index (χ3v) is 6.79. The number of aromatic carboxylic acids is 1. The highest BCUT2D eigenvalue weighted by Crippen LogP contribution is 2.43. The summed E-state index contributed by atoms with van der Waals surface area (Å²) in [6.07, 6.45) is 9.00. The minimum atomic E-state index is -0.978. The van der Waals surface area contributed by atoms with Gasteiger partial charge in [0.1, 0.15) is 0 Å². The standard InChI is InChI=1S/C27H32N2O3/c28-26(30)25(20-13-15-21(16-14-20)27(31)32)24(19-9-3-1-4-10-19)22-11-5-6-12-23(22)29-17-7-2-8-18-29/h5-6,11-16,25H,1-4,7-10,17-18H2,(H2,28,30)(H,31,32). The van der Waals surface area contributed by atoms with Crippen molar-refractivity contribution in [2.24, 2.45) is 5.73 Å². The van der Waals surface area contributed by atoms with E-state index in [-0.39, 0.29) is 5.56 Å². The van der Waals surface area contributed by atoms with Gasteiger partial charge in [0.2, 0.25) is 5.91 Å². The van der Waals surface area contributed by atoms with E-state index in [1.54, 1.807) is 24.3 Å². The van der Waals surface area contributed by atoms with E-state index >= 15 is 0 Å². The van der Waals surface area contributed by atoms with E-state index in [9.17, 15) is 14.7 Å². The fourth-order valence-corrected chi connectivity index (χ4v) is 5.20. The van der Waals surface area contributed by atoms with Crippen molar-refractivity contribution in [3.8, 4) is 0 Å². The number of nitrogens with zero attached hydrogens (tertiary/aromatic N) is 1. The van der Waals surface area contributed by atoms with E-state index < -0.39 is 17.8 Å². The van der Waals surface area contributed by atoms with Crippen molar-refractivity contribution < 1.29 is 14.7 Å². The Hall–Kier alpha value is -3.08. The zero-order chi connectivity index (χ0) is 22.5. The SMILES string of the molecule is NC(=O)C(C(=C1CCCCC1)c1ccccc1N1CCCCC1)c1ccc(C(=O)O)cc1. The van der Waals surface area contributed by atoms with E-state index in [2.05, 4.69) is 23.1 Å². The molecule has 5 heteroatoms. The van der Waals surface area contributed by atoms with Crippen molar-refractivity contribution >= 4 is 23.1 Å². The van der Waals surface area contributed by atoms with Crippen LogP contribution in [-0.4, -0.2) is 30.1 Å². The quantitative estimate of drug-likeness (QED) is 0.643. The first-order chi connectivity index (χ1) is 15.6. The summed E-state index contributed by atoms with van der Waals surface area (Å²) in [5.74, 6) is -1.97. The van der Waals surface area contributed by atoms with E-state index in [4.69, 9.17) is 5.73 Å². The molecule has 5 nitrogen and oxygen atoms in total. The van der Waals surface area contributed by atoms with Crippen molar-refractivity contribution in [3.05, 3.63) is 70.8 Å². The summed E-state index contributed by atoms with van der Waals surface area (Å²) in [6, 6.07) is 15.0. The molecule has 1 saturated carbocycles. The van der Waals surface area contributed by atoms with Crippen molar-refractivity contribution in [2.45, 2.75) is 57.3 Å². The van der Waals surface area contributed by atoms with Gasteiger partial charge in [0.25, 0.3) is 0 Å². The van der Waals surface area contributed by atoms with Gasteiger partial charge in [-0.2, -0.15) is 0 Å². The number of carbonyl (C=O) groups is 2. The Bertz CT molecular complexity index is 996. The first kappa shape index (κ1) is 22.1. The molecule has 1 unspecified atom stereocenters. The lowest BCUT2D eigenvalue weighted by Gasteiger charge is -2.33. The molecule has 4 rings (SSSR count). The topological polar surface area (TPSA) is 83.6 Å². The first-order valence-corrected chi connectivity index (χ1v) is 11.7. The zero-order valence-corrected chi connectivity index (χ0v) is 18.6. The molecule has 1 heterocycles. The van der Waals surface area contributed by atoms with Crippen molar-refractivity contribution in [1.82, 2.24) is 0 Å². The maximum Gasteiger partial charge on any atom is 0.335 e. The minimum absolute atomic E-state index is 0.206. The maximum absolute atomic E-state index is 12.9. The summed E-state index contributed by atoms with van der Waals surface area (Å²) in [5, 5.41) is 9.29.